The molecule has 0 amide bonds. The van der Waals surface area contributed by atoms with Crippen molar-refractivity contribution in [1.82, 2.24) is 0 Å². The van der Waals surface area contributed by atoms with E-state index in [0.717, 1.165) is 12.1 Å². The monoisotopic (exact) mass is 374 g/mol. The molecule has 0 radical (unpaired) electrons. The van der Waals surface area contributed by atoms with Crippen molar-refractivity contribution in [2.75, 3.05) is 0 Å². The third-order valence-corrected chi connectivity index (χ3v) is 3.80. The van der Waals surface area contributed by atoms with Gasteiger partial charge in [0.2, 0.25) is 0 Å². The van der Waals surface area contributed by atoms with Crippen LogP contribution in [0.25, 0.3) is 11.1 Å². The summed E-state index contributed by atoms with van der Waals surface area (Å²) in [6.07, 6.45) is -4.80. The molecule has 0 spiro atoms. The first kappa shape index (κ1) is 16.6. The van der Waals surface area contributed by atoms with Gasteiger partial charge in [0.05, 0.1) is 10.0 Å². The number of hydrogen-bond acceptors (Lipinski definition) is 1. The van der Waals surface area contributed by atoms with E-state index in [1.54, 1.807) is 0 Å². The minimum absolute atomic E-state index is 0.132. The molecule has 2 aromatic carbocycles. The van der Waals surface area contributed by atoms with E-state index in [2.05, 4.69) is 4.74 Å². The Morgan fingerprint density at radius 1 is 0.810 bits per heavy atom. The normalized spacial score (nSPS) is 11.6. The van der Waals surface area contributed by atoms with Gasteiger partial charge in [0.15, 0.2) is 0 Å². The maximum Gasteiger partial charge on any atom is 0.573 e. The molecular formula is C13H5Cl4F3O. The van der Waals surface area contributed by atoms with Crippen LogP contribution in [0.1, 0.15) is 0 Å². The minimum Gasteiger partial charge on any atom is -0.406 e. The lowest BCUT2D eigenvalue weighted by molar-refractivity contribution is -0.274. The summed E-state index contributed by atoms with van der Waals surface area (Å²) in [7, 11) is 0. The molecule has 2 rings (SSSR count). The maximum absolute atomic E-state index is 12.3. The van der Waals surface area contributed by atoms with Crippen LogP contribution in [-0.4, -0.2) is 6.36 Å². The van der Waals surface area contributed by atoms with Crippen LogP contribution in [-0.2, 0) is 0 Å². The lowest BCUT2D eigenvalue weighted by atomic mass is 10.1. The smallest absolute Gasteiger partial charge is 0.406 e. The summed E-state index contributed by atoms with van der Waals surface area (Å²) in [6.45, 7) is 0. The van der Waals surface area contributed by atoms with Crippen molar-refractivity contribution < 1.29 is 17.9 Å². The van der Waals surface area contributed by atoms with Gasteiger partial charge in [0.25, 0.3) is 0 Å². The van der Waals surface area contributed by atoms with Gasteiger partial charge in [-0.1, -0.05) is 46.4 Å². The second-order valence-corrected chi connectivity index (χ2v) is 5.57. The Hall–Kier alpha value is -0.810. The van der Waals surface area contributed by atoms with E-state index >= 15 is 0 Å². The summed E-state index contributed by atoms with van der Waals surface area (Å²) in [4.78, 5) is 0. The van der Waals surface area contributed by atoms with Crippen molar-refractivity contribution in [1.29, 1.82) is 0 Å². The Kier molecular flexibility index (Phi) is 4.83. The van der Waals surface area contributed by atoms with E-state index in [9.17, 15) is 13.2 Å². The van der Waals surface area contributed by atoms with Gasteiger partial charge in [-0.3, -0.25) is 0 Å². The van der Waals surface area contributed by atoms with Gasteiger partial charge in [0.1, 0.15) is 5.75 Å². The average Bonchev–Trinajstić information content (AvgIpc) is 2.34. The zero-order chi connectivity index (χ0) is 15.8. The molecule has 0 atom stereocenters. The van der Waals surface area contributed by atoms with Crippen LogP contribution >= 0.6 is 46.4 Å². The fraction of sp³-hybridized carbons (Fsp3) is 0.0769. The summed E-state index contributed by atoms with van der Waals surface area (Å²) < 4.78 is 40.6. The molecular weight excluding hydrogens is 371 g/mol. The van der Waals surface area contributed by atoms with Crippen molar-refractivity contribution in [3.05, 3.63) is 50.4 Å². The zero-order valence-corrected chi connectivity index (χ0v) is 13.0. The molecule has 0 N–H and O–H groups in total. The number of rotatable bonds is 2. The molecule has 0 saturated carbocycles. The Balaban J connectivity index is 2.56. The van der Waals surface area contributed by atoms with Crippen molar-refractivity contribution >= 4 is 46.4 Å². The summed E-state index contributed by atoms with van der Waals surface area (Å²) in [5.41, 5.74) is 0.541. The van der Waals surface area contributed by atoms with Crippen LogP contribution in [0.15, 0.2) is 30.3 Å². The van der Waals surface area contributed by atoms with Gasteiger partial charge >= 0.3 is 6.36 Å². The van der Waals surface area contributed by atoms with E-state index in [0.29, 0.717) is 5.56 Å². The van der Waals surface area contributed by atoms with Gasteiger partial charge in [0, 0.05) is 21.2 Å². The highest BCUT2D eigenvalue weighted by Gasteiger charge is 2.31. The molecule has 0 aliphatic carbocycles. The maximum atomic E-state index is 12.3. The van der Waals surface area contributed by atoms with Crippen molar-refractivity contribution in [2.45, 2.75) is 6.36 Å². The lowest BCUT2D eigenvalue weighted by Gasteiger charge is -2.13. The van der Waals surface area contributed by atoms with Crippen LogP contribution in [0, 0.1) is 0 Å². The van der Waals surface area contributed by atoms with Crippen molar-refractivity contribution in [3.8, 4) is 16.9 Å². The van der Waals surface area contributed by atoms with Gasteiger partial charge in [-0.05, 0) is 30.3 Å². The quantitative estimate of drug-likeness (QED) is 0.520. The van der Waals surface area contributed by atoms with Gasteiger partial charge in [-0.25, -0.2) is 0 Å². The number of alkyl halides is 3. The molecule has 0 aliphatic rings. The average molecular weight is 376 g/mol. The highest BCUT2D eigenvalue weighted by Crippen LogP contribution is 2.41. The molecule has 0 aliphatic heterocycles. The van der Waals surface area contributed by atoms with E-state index in [4.69, 9.17) is 46.4 Å². The zero-order valence-electron chi connectivity index (χ0n) is 9.94. The Morgan fingerprint density at radius 3 is 2.10 bits per heavy atom. The highest BCUT2D eigenvalue weighted by atomic mass is 35.5. The highest BCUT2D eigenvalue weighted by molar-refractivity contribution is 6.45. The SMILES string of the molecule is FC(F)(F)Oc1ccc(Cl)c(-c2cc(Cl)cc(Cl)c2Cl)c1. The van der Waals surface area contributed by atoms with Gasteiger partial charge < -0.3 is 4.74 Å². The molecule has 2 aromatic rings. The van der Waals surface area contributed by atoms with Crippen LogP contribution in [0.2, 0.25) is 20.1 Å². The predicted molar refractivity (Wildman–Crippen MR) is 78.6 cm³/mol. The van der Waals surface area contributed by atoms with E-state index in [1.165, 1.54) is 18.2 Å². The molecule has 8 heteroatoms. The number of benzene rings is 2. The van der Waals surface area contributed by atoms with Crippen LogP contribution in [0.4, 0.5) is 13.2 Å². The first-order valence-corrected chi connectivity index (χ1v) is 6.89. The second-order valence-electron chi connectivity index (χ2n) is 3.94. The number of hydrogen-bond donors (Lipinski definition) is 0. The Labute approximate surface area is 138 Å². The number of halogens is 7. The van der Waals surface area contributed by atoms with Crippen molar-refractivity contribution in [3.63, 3.8) is 0 Å². The summed E-state index contributed by atoms with van der Waals surface area (Å²) >= 11 is 23.8. The molecule has 112 valence electrons. The molecule has 0 saturated heterocycles. The van der Waals surface area contributed by atoms with E-state index in [-0.39, 0.29) is 25.7 Å². The molecule has 0 heterocycles. The van der Waals surface area contributed by atoms with Crippen LogP contribution in [0.3, 0.4) is 0 Å². The predicted octanol–water partition coefficient (Wildman–Crippen LogP) is 6.87. The van der Waals surface area contributed by atoms with Crippen LogP contribution in [0.5, 0.6) is 5.75 Å². The first-order valence-electron chi connectivity index (χ1n) is 5.37. The third-order valence-electron chi connectivity index (χ3n) is 2.45. The number of ether oxygens (including phenoxy) is 1. The molecule has 0 fully saturated rings. The van der Waals surface area contributed by atoms with E-state index < -0.39 is 12.1 Å². The summed E-state index contributed by atoms with van der Waals surface area (Å²) in [6, 6.07) is 6.35. The fourth-order valence-corrected chi connectivity index (χ4v) is 2.58. The molecule has 1 nitrogen and oxygen atoms in total. The molecule has 0 bridgehead atoms. The van der Waals surface area contributed by atoms with Gasteiger partial charge in [-0.15, -0.1) is 13.2 Å². The standard InChI is InChI=1S/C13H5Cl4F3O/c14-6-3-9(12(17)11(16)4-6)8-5-7(1-2-10(8)15)21-13(18,19)20/h1-5H. The molecule has 0 aromatic heterocycles. The summed E-state index contributed by atoms with van der Waals surface area (Å²) in [5, 5.41) is 0.756. The summed E-state index contributed by atoms with van der Waals surface area (Å²) in [5.74, 6) is -0.422. The lowest BCUT2D eigenvalue weighted by Crippen LogP contribution is -2.17. The van der Waals surface area contributed by atoms with Gasteiger partial charge in [-0.2, -0.15) is 0 Å². The largest absolute Gasteiger partial charge is 0.573 e. The third kappa shape index (κ3) is 4.10. The van der Waals surface area contributed by atoms with Crippen molar-refractivity contribution in [2.24, 2.45) is 0 Å². The minimum atomic E-state index is -4.80. The Bertz CT molecular complexity index is 686. The fourth-order valence-electron chi connectivity index (χ4n) is 1.66. The molecule has 0 unspecified atom stereocenters. The Morgan fingerprint density at radius 2 is 1.48 bits per heavy atom. The topological polar surface area (TPSA) is 9.23 Å². The van der Waals surface area contributed by atoms with Crippen LogP contribution < -0.4 is 4.74 Å². The molecule has 21 heavy (non-hydrogen) atoms. The first-order chi connectivity index (χ1) is 9.67. The van der Waals surface area contributed by atoms with E-state index in [1.807, 2.05) is 0 Å². The second kappa shape index (κ2) is 6.13.